The predicted octanol–water partition coefficient (Wildman–Crippen LogP) is 3.60. The summed E-state index contributed by atoms with van der Waals surface area (Å²) in [6.07, 6.45) is 1.18. The fourth-order valence-corrected chi connectivity index (χ4v) is 2.92. The molecule has 0 aromatic heterocycles. The van der Waals surface area contributed by atoms with Gasteiger partial charge < -0.3 is 10.2 Å². The van der Waals surface area contributed by atoms with E-state index in [4.69, 9.17) is 0 Å². The maximum Gasteiger partial charge on any atom is 0.0299 e. The molecule has 108 valence electrons. The molecule has 0 aliphatic heterocycles. The van der Waals surface area contributed by atoms with Crippen LogP contribution in [0.15, 0.2) is 12.1 Å². The third-order valence-corrected chi connectivity index (χ3v) is 3.71. The summed E-state index contributed by atoms with van der Waals surface area (Å²) in [6.45, 7) is 12.3. The van der Waals surface area contributed by atoms with Crippen molar-refractivity contribution < 1.29 is 0 Å². The van der Waals surface area contributed by atoms with Crippen molar-refractivity contribution in [1.29, 1.82) is 0 Å². The molecule has 2 unspecified atom stereocenters. The molecule has 2 heteroatoms. The van der Waals surface area contributed by atoms with Crippen LogP contribution in [0.2, 0.25) is 0 Å². The number of benzene rings is 1. The standard InChI is InChI=1S/C17H30N2/c1-12-10-13(2)17(14(3)11-12)16(5)18-15(4)8-9-19(6)7/h10-11,15-16,18H,8-9H2,1-7H3. The minimum atomic E-state index is 0.415. The zero-order chi connectivity index (χ0) is 14.6. The molecule has 1 aromatic rings. The Morgan fingerprint density at radius 3 is 2.05 bits per heavy atom. The zero-order valence-corrected chi connectivity index (χ0v) is 13.7. The molecule has 1 aromatic carbocycles. The highest BCUT2D eigenvalue weighted by Crippen LogP contribution is 2.23. The second-order valence-electron chi connectivity index (χ2n) is 6.19. The van der Waals surface area contributed by atoms with Gasteiger partial charge in [0.15, 0.2) is 0 Å². The van der Waals surface area contributed by atoms with Crippen molar-refractivity contribution >= 4 is 0 Å². The summed E-state index contributed by atoms with van der Waals surface area (Å²) in [5.41, 5.74) is 5.61. The first kappa shape index (κ1) is 16.2. The van der Waals surface area contributed by atoms with E-state index in [0.29, 0.717) is 12.1 Å². The fourth-order valence-electron chi connectivity index (χ4n) is 2.92. The maximum absolute atomic E-state index is 3.73. The summed E-state index contributed by atoms with van der Waals surface area (Å²) in [4.78, 5) is 2.24. The van der Waals surface area contributed by atoms with Gasteiger partial charge in [-0.3, -0.25) is 0 Å². The molecule has 0 saturated carbocycles. The van der Waals surface area contributed by atoms with Crippen molar-refractivity contribution in [3.05, 3.63) is 34.4 Å². The Hall–Kier alpha value is -0.860. The van der Waals surface area contributed by atoms with E-state index >= 15 is 0 Å². The highest BCUT2D eigenvalue weighted by Gasteiger charge is 2.14. The molecule has 0 saturated heterocycles. The Morgan fingerprint density at radius 1 is 1.05 bits per heavy atom. The summed E-state index contributed by atoms with van der Waals surface area (Å²) in [7, 11) is 4.26. The lowest BCUT2D eigenvalue weighted by Crippen LogP contribution is -2.32. The molecular weight excluding hydrogens is 232 g/mol. The van der Waals surface area contributed by atoms with Gasteiger partial charge in [-0.1, -0.05) is 17.7 Å². The Labute approximate surface area is 119 Å². The van der Waals surface area contributed by atoms with Gasteiger partial charge in [-0.25, -0.2) is 0 Å². The number of nitrogens with one attached hydrogen (secondary N) is 1. The lowest BCUT2D eigenvalue weighted by atomic mass is 9.94. The number of hydrogen-bond donors (Lipinski definition) is 1. The second kappa shape index (κ2) is 7.06. The molecule has 1 rings (SSSR count). The Morgan fingerprint density at radius 2 is 1.58 bits per heavy atom. The molecule has 1 N–H and O–H groups in total. The predicted molar refractivity (Wildman–Crippen MR) is 84.8 cm³/mol. The van der Waals surface area contributed by atoms with E-state index in [2.05, 4.69) is 71.1 Å². The van der Waals surface area contributed by atoms with Crippen LogP contribution in [-0.4, -0.2) is 31.6 Å². The van der Waals surface area contributed by atoms with Gasteiger partial charge in [0.2, 0.25) is 0 Å². The van der Waals surface area contributed by atoms with E-state index in [-0.39, 0.29) is 0 Å². The third-order valence-electron chi connectivity index (χ3n) is 3.71. The van der Waals surface area contributed by atoms with Crippen LogP contribution >= 0.6 is 0 Å². The molecule has 2 atom stereocenters. The summed E-state index contributed by atoms with van der Waals surface area (Å²) >= 11 is 0. The van der Waals surface area contributed by atoms with Crippen molar-refractivity contribution in [2.75, 3.05) is 20.6 Å². The smallest absolute Gasteiger partial charge is 0.0299 e. The lowest BCUT2D eigenvalue weighted by molar-refractivity contribution is 0.354. The number of aryl methyl sites for hydroxylation is 3. The monoisotopic (exact) mass is 262 g/mol. The minimum Gasteiger partial charge on any atom is -0.309 e. The topological polar surface area (TPSA) is 15.3 Å². The third kappa shape index (κ3) is 4.96. The normalized spacial score (nSPS) is 14.7. The van der Waals surface area contributed by atoms with Crippen LogP contribution in [0.1, 0.15) is 48.6 Å². The van der Waals surface area contributed by atoms with E-state index in [1.165, 1.54) is 28.7 Å². The quantitative estimate of drug-likeness (QED) is 0.842. The van der Waals surface area contributed by atoms with Crippen molar-refractivity contribution in [3.63, 3.8) is 0 Å². The van der Waals surface area contributed by atoms with Gasteiger partial charge in [-0.05, 0) is 78.4 Å². The van der Waals surface area contributed by atoms with Crippen LogP contribution in [0.4, 0.5) is 0 Å². The molecule has 2 nitrogen and oxygen atoms in total. The van der Waals surface area contributed by atoms with Crippen LogP contribution in [-0.2, 0) is 0 Å². The molecule has 0 spiro atoms. The summed E-state index contributed by atoms with van der Waals surface area (Å²) in [5.74, 6) is 0. The summed E-state index contributed by atoms with van der Waals surface area (Å²) in [5, 5.41) is 3.73. The molecule has 19 heavy (non-hydrogen) atoms. The Kier molecular flexibility index (Phi) is 6.02. The molecule has 0 amide bonds. The molecular formula is C17H30N2. The fraction of sp³-hybridized carbons (Fsp3) is 0.647. The number of nitrogens with zero attached hydrogens (tertiary/aromatic N) is 1. The first-order valence-corrected chi connectivity index (χ1v) is 7.29. The second-order valence-corrected chi connectivity index (χ2v) is 6.19. The molecule has 0 radical (unpaired) electrons. The number of hydrogen-bond acceptors (Lipinski definition) is 2. The van der Waals surface area contributed by atoms with Gasteiger partial charge in [0, 0.05) is 12.1 Å². The molecule has 0 heterocycles. The zero-order valence-electron chi connectivity index (χ0n) is 13.7. The summed E-state index contributed by atoms with van der Waals surface area (Å²) in [6, 6.07) is 5.52. The molecule has 0 bridgehead atoms. The van der Waals surface area contributed by atoms with E-state index in [0.717, 1.165) is 6.54 Å². The van der Waals surface area contributed by atoms with Gasteiger partial charge in [0.25, 0.3) is 0 Å². The van der Waals surface area contributed by atoms with E-state index < -0.39 is 0 Å². The van der Waals surface area contributed by atoms with Gasteiger partial charge in [0.05, 0.1) is 0 Å². The largest absolute Gasteiger partial charge is 0.309 e. The number of rotatable bonds is 6. The van der Waals surface area contributed by atoms with Crippen LogP contribution < -0.4 is 5.32 Å². The van der Waals surface area contributed by atoms with Crippen LogP contribution in [0.5, 0.6) is 0 Å². The van der Waals surface area contributed by atoms with Crippen molar-refractivity contribution in [2.24, 2.45) is 0 Å². The SMILES string of the molecule is Cc1cc(C)c(C(C)NC(C)CCN(C)C)c(C)c1. The average molecular weight is 262 g/mol. The highest BCUT2D eigenvalue weighted by atomic mass is 15.1. The van der Waals surface area contributed by atoms with E-state index in [9.17, 15) is 0 Å². The lowest BCUT2D eigenvalue weighted by Gasteiger charge is -2.24. The Balaban J connectivity index is 2.70. The van der Waals surface area contributed by atoms with Crippen LogP contribution in [0, 0.1) is 20.8 Å². The van der Waals surface area contributed by atoms with E-state index in [1.54, 1.807) is 0 Å². The van der Waals surface area contributed by atoms with Gasteiger partial charge in [-0.2, -0.15) is 0 Å². The van der Waals surface area contributed by atoms with Gasteiger partial charge in [-0.15, -0.1) is 0 Å². The van der Waals surface area contributed by atoms with Gasteiger partial charge in [0.1, 0.15) is 0 Å². The van der Waals surface area contributed by atoms with Crippen molar-refractivity contribution in [3.8, 4) is 0 Å². The van der Waals surface area contributed by atoms with Crippen molar-refractivity contribution in [1.82, 2.24) is 10.2 Å². The summed E-state index contributed by atoms with van der Waals surface area (Å²) < 4.78 is 0. The Bertz CT molecular complexity index is 387. The first-order valence-electron chi connectivity index (χ1n) is 7.29. The van der Waals surface area contributed by atoms with Gasteiger partial charge >= 0.3 is 0 Å². The van der Waals surface area contributed by atoms with Crippen LogP contribution in [0.25, 0.3) is 0 Å². The minimum absolute atomic E-state index is 0.415. The highest BCUT2D eigenvalue weighted by molar-refractivity contribution is 5.39. The molecule has 0 aliphatic carbocycles. The van der Waals surface area contributed by atoms with E-state index in [1.807, 2.05) is 0 Å². The van der Waals surface area contributed by atoms with Crippen LogP contribution in [0.3, 0.4) is 0 Å². The maximum atomic E-state index is 3.73. The molecule has 0 aliphatic rings. The molecule has 0 fully saturated rings. The first-order chi connectivity index (χ1) is 8.81. The average Bonchev–Trinajstić information content (AvgIpc) is 2.24. The van der Waals surface area contributed by atoms with Crippen molar-refractivity contribution in [2.45, 2.75) is 53.1 Å².